The smallest absolute Gasteiger partial charge is 0.249 e. The lowest BCUT2D eigenvalue weighted by molar-refractivity contribution is -0.130. The molecule has 0 unspecified atom stereocenters. The molecule has 2 aromatic rings. The SMILES string of the molecule is COc1ccc(CN2CCc3nnc(CCNC(=O)[C@H]4CCCO4)n3CC2)cc1. The Hall–Kier alpha value is -2.45. The van der Waals surface area contributed by atoms with E-state index in [0.29, 0.717) is 19.6 Å². The number of hydrogen-bond donors (Lipinski definition) is 1. The van der Waals surface area contributed by atoms with Crippen LogP contribution in [0.1, 0.15) is 30.1 Å². The number of carbonyl (C=O) groups is 1. The summed E-state index contributed by atoms with van der Waals surface area (Å²) in [6.07, 6.45) is 3.06. The van der Waals surface area contributed by atoms with E-state index in [9.17, 15) is 4.79 Å². The number of aromatic nitrogens is 3. The molecule has 8 nitrogen and oxygen atoms in total. The largest absolute Gasteiger partial charge is 0.497 e. The quantitative estimate of drug-likeness (QED) is 0.753. The molecule has 1 N–H and O–H groups in total. The third-order valence-corrected chi connectivity index (χ3v) is 5.63. The Balaban J connectivity index is 1.28. The van der Waals surface area contributed by atoms with Crippen LogP contribution in [0.3, 0.4) is 0 Å². The Kier molecular flexibility index (Phi) is 6.41. The van der Waals surface area contributed by atoms with Crippen LogP contribution >= 0.6 is 0 Å². The molecular formula is C21H29N5O3. The van der Waals surface area contributed by atoms with Gasteiger partial charge in [0.2, 0.25) is 5.91 Å². The number of benzene rings is 1. The van der Waals surface area contributed by atoms with Gasteiger partial charge in [-0.1, -0.05) is 12.1 Å². The minimum atomic E-state index is -0.281. The molecule has 4 rings (SSSR count). The summed E-state index contributed by atoms with van der Waals surface area (Å²) < 4.78 is 12.9. The van der Waals surface area contributed by atoms with E-state index >= 15 is 0 Å². The molecule has 0 spiro atoms. The van der Waals surface area contributed by atoms with Crippen molar-refractivity contribution in [3.8, 4) is 5.75 Å². The highest BCUT2D eigenvalue weighted by molar-refractivity contribution is 5.80. The summed E-state index contributed by atoms with van der Waals surface area (Å²) >= 11 is 0. The number of ether oxygens (including phenoxy) is 2. The van der Waals surface area contributed by atoms with Crippen molar-refractivity contribution in [2.45, 2.75) is 44.9 Å². The number of methoxy groups -OCH3 is 1. The van der Waals surface area contributed by atoms with E-state index in [1.165, 1.54) is 5.56 Å². The molecule has 0 aliphatic carbocycles. The van der Waals surface area contributed by atoms with Gasteiger partial charge in [0.25, 0.3) is 0 Å². The molecule has 1 amide bonds. The zero-order valence-corrected chi connectivity index (χ0v) is 17.0. The van der Waals surface area contributed by atoms with Crippen molar-refractivity contribution in [3.05, 3.63) is 41.5 Å². The van der Waals surface area contributed by atoms with E-state index in [1.807, 2.05) is 12.1 Å². The van der Waals surface area contributed by atoms with Crippen LogP contribution in [0.25, 0.3) is 0 Å². The number of carbonyl (C=O) groups excluding carboxylic acids is 1. The molecule has 156 valence electrons. The predicted octanol–water partition coefficient (Wildman–Crippen LogP) is 1.18. The highest BCUT2D eigenvalue weighted by Gasteiger charge is 2.23. The molecule has 1 aromatic heterocycles. The van der Waals surface area contributed by atoms with Gasteiger partial charge in [0, 0.05) is 52.2 Å². The van der Waals surface area contributed by atoms with E-state index in [0.717, 1.165) is 62.8 Å². The maximum atomic E-state index is 12.1. The van der Waals surface area contributed by atoms with Gasteiger partial charge in [-0.15, -0.1) is 10.2 Å². The summed E-state index contributed by atoms with van der Waals surface area (Å²) in [4.78, 5) is 14.5. The Morgan fingerprint density at radius 2 is 2.10 bits per heavy atom. The zero-order chi connectivity index (χ0) is 20.1. The van der Waals surface area contributed by atoms with E-state index in [2.05, 4.69) is 37.1 Å². The topological polar surface area (TPSA) is 81.5 Å². The van der Waals surface area contributed by atoms with E-state index in [-0.39, 0.29) is 12.0 Å². The van der Waals surface area contributed by atoms with Crippen LogP contribution in [0.5, 0.6) is 5.75 Å². The van der Waals surface area contributed by atoms with Gasteiger partial charge in [-0.25, -0.2) is 0 Å². The first-order valence-electron chi connectivity index (χ1n) is 10.4. The van der Waals surface area contributed by atoms with Crippen LogP contribution in [0.15, 0.2) is 24.3 Å². The van der Waals surface area contributed by atoms with Crippen LogP contribution in [0.4, 0.5) is 0 Å². The fourth-order valence-electron chi connectivity index (χ4n) is 3.95. The third-order valence-electron chi connectivity index (χ3n) is 5.63. The fraction of sp³-hybridized carbons (Fsp3) is 0.571. The number of hydrogen-bond acceptors (Lipinski definition) is 6. The lowest BCUT2D eigenvalue weighted by Gasteiger charge is -2.19. The number of nitrogens with zero attached hydrogens (tertiary/aromatic N) is 4. The van der Waals surface area contributed by atoms with Crippen molar-refractivity contribution < 1.29 is 14.3 Å². The standard InChI is InChI=1S/C21H29N5O3/c1-28-17-6-4-16(5-7-17)15-25-11-9-20-24-23-19(26(20)13-12-25)8-10-22-21(27)18-3-2-14-29-18/h4-7,18H,2-3,8-15H2,1H3,(H,22,27)/t18-/m1/s1. The van der Waals surface area contributed by atoms with Gasteiger partial charge in [0.15, 0.2) is 0 Å². The number of fused-ring (bicyclic) bond motifs is 1. The lowest BCUT2D eigenvalue weighted by Crippen LogP contribution is -2.35. The predicted molar refractivity (Wildman–Crippen MR) is 108 cm³/mol. The summed E-state index contributed by atoms with van der Waals surface area (Å²) in [5.74, 6) is 2.84. The number of rotatable bonds is 7. The molecule has 1 atom stereocenters. The van der Waals surface area contributed by atoms with Crippen molar-refractivity contribution in [1.82, 2.24) is 25.0 Å². The molecule has 8 heteroatoms. The zero-order valence-electron chi connectivity index (χ0n) is 17.0. The van der Waals surface area contributed by atoms with Gasteiger partial charge in [-0.2, -0.15) is 0 Å². The Bertz CT molecular complexity index is 814. The normalized spacial score (nSPS) is 19.6. The van der Waals surface area contributed by atoms with Crippen molar-refractivity contribution in [3.63, 3.8) is 0 Å². The second kappa shape index (κ2) is 9.37. The molecule has 29 heavy (non-hydrogen) atoms. The summed E-state index contributed by atoms with van der Waals surface area (Å²) in [5.41, 5.74) is 1.28. The second-order valence-electron chi connectivity index (χ2n) is 7.60. The van der Waals surface area contributed by atoms with E-state index in [4.69, 9.17) is 9.47 Å². The van der Waals surface area contributed by atoms with Crippen molar-refractivity contribution >= 4 is 5.91 Å². The second-order valence-corrected chi connectivity index (χ2v) is 7.60. The molecule has 0 radical (unpaired) electrons. The summed E-state index contributed by atoms with van der Waals surface area (Å²) in [6.45, 7) is 4.93. The highest BCUT2D eigenvalue weighted by atomic mass is 16.5. The maximum Gasteiger partial charge on any atom is 0.249 e. The molecule has 0 bridgehead atoms. The molecule has 2 aliphatic rings. The summed E-state index contributed by atoms with van der Waals surface area (Å²) in [6, 6.07) is 8.24. The van der Waals surface area contributed by atoms with Gasteiger partial charge in [-0.05, 0) is 30.5 Å². The van der Waals surface area contributed by atoms with Gasteiger partial charge in [-0.3, -0.25) is 9.69 Å². The molecule has 1 saturated heterocycles. The van der Waals surface area contributed by atoms with Crippen LogP contribution in [0.2, 0.25) is 0 Å². The minimum Gasteiger partial charge on any atom is -0.497 e. The third kappa shape index (κ3) is 4.94. The van der Waals surface area contributed by atoms with Crippen LogP contribution < -0.4 is 10.1 Å². The number of amides is 1. The maximum absolute atomic E-state index is 12.1. The summed E-state index contributed by atoms with van der Waals surface area (Å²) in [7, 11) is 1.69. The average Bonchev–Trinajstić information content (AvgIpc) is 3.37. The highest BCUT2D eigenvalue weighted by Crippen LogP contribution is 2.16. The van der Waals surface area contributed by atoms with Crippen molar-refractivity contribution in [2.24, 2.45) is 0 Å². The van der Waals surface area contributed by atoms with Gasteiger partial charge in [0.05, 0.1) is 7.11 Å². The Morgan fingerprint density at radius 3 is 2.86 bits per heavy atom. The lowest BCUT2D eigenvalue weighted by atomic mass is 10.2. The minimum absolute atomic E-state index is 0.0104. The molecule has 2 aliphatic heterocycles. The van der Waals surface area contributed by atoms with Crippen LogP contribution in [-0.2, 0) is 35.5 Å². The molecule has 1 fully saturated rings. The molecule has 0 saturated carbocycles. The van der Waals surface area contributed by atoms with Gasteiger partial charge >= 0.3 is 0 Å². The monoisotopic (exact) mass is 399 g/mol. The Morgan fingerprint density at radius 1 is 1.24 bits per heavy atom. The van der Waals surface area contributed by atoms with Crippen molar-refractivity contribution in [2.75, 3.05) is 33.4 Å². The number of nitrogens with one attached hydrogen (secondary N) is 1. The molecular weight excluding hydrogens is 370 g/mol. The first-order chi connectivity index (χ1) is 14.2. The van der Waals surface area contributed by atoms with Crippen LogP contribution in [-0.4, -0.2) is 65.0 Å². The fourth-order valence-corrected chi connectivity index (χ4v) is 3.95. The van der Waals surface area contributed by atoms with E-state index in [1.54, 1.807) is 7.11 Å². The first kappa shape index (κ1) is 19.8. The Labute approximate surface area is 171 Å². The van der Waals surface area contributed by atoms with E-state index < -0.39 is 0 Å². The first-order valence-corrected chi connectivity index (χ1v) is 10.4. The summed E-state index contributed by atoms with van der Waals surface area (Å²) in [5, 5.41) is 11.7. The van der Waals surface area contributed by atoms with Gasteiger partial charge in [0.1, 0.15) is 23.5 Å². The molecule has 3 heterocycles. The van der Waals surface area contributed by atoms with Crippen LogP contribution in [0, 0.1) is 0 Å². The van der Waals surface area contributed by atoms with Gasteiger partial charge < -0.3 is 19.4 Å². The van der Waals surface area contributed by atoms with Crippen molar-refractivity contribution in [1.29, 1.82) is 0 Å². The average molecular weight is 399 g/mol. The molecule has 1 aromatic carbocycles.